The van der Waals surface area contributed by atoms with Crippen LogP contribution in [0.2, 0.25) is 0 Å². The van der Waals surface area contributed by atoms with Crippen LogP contribution in [0.25, 0.3) is 0 Å². The van der Waals surface area contributed by atoms with Crippen LogP contribution >= 0.6 is 0 Å². The topological polar surface area (TPSA) is 23.6 Å². The van der Waals surface area contributed by atoms with Crippen LogP contribution in [-0.2, 0) is 0 Å². The normalized spacial score (nSPS) is 17.6. The minimum atomic E-state index is -0.439. The molecular formula is C15H21FN2O. The van der Waals surface area contributed by atoms with Gasteiger partial charge in [0.2, 0.25) is 0 Å². The van der Waals surface area contributed by atoms with Gasteiger partial charge in [-0.1, -0.05) is 6.07 Å². The highest BCUT2D eigenvalue weighted by Crippen LogP contribution is 2.24. The van der Waals surface area contributed by atoms with Crippen molar-refractivity contribution in [3.05, 3.63) is 29.6 Å². The molecule has 1 aliphatic rings. The lowest BCUT2D eigenvalue weighted by atomic mass is 10.0. The van der Waals surface area contributed by atoms with Crippen molar-refractivity contribution in [2.24, 2.45) is 0 Å². The van der Waals surface area contributed by atoms with Crippen molar-refractivity contribution in [3.8, 4) is 0 Å². The van der Waals surface area contributed by atoms with Gasteiger partial charge >= 0.3 is 0 Å². The lowest BCUT2D eigenvalue weighted by Crippen LogP contribution is -2.53. The summed E-state index contributed by atoms with van der Waals surface area (Å²) in [5, 5.41) is 0. The molecule has 0 aliphatic carbocycles. The van der Waals surface area contributed by atoms with Gasteiger partial charge in [-0.25, -0.2) is 4.39 Å². The molecule has 1 heterocycles. The molecule has 104 valence electrons. The first kappa shape index (κ1) is 14.0. The molecule has 0 bridgehead atoms. The Morgan fingerprint density at radius 1 is 1.16 bits per heavy atom. The minimum absolute atomic E-state index is 0.154. The monoisotopic (exact) mass is 264 g/mol. The van der Waals surface area contributed by atoms with Gasteiger partial charge < -0.3 is 4.90 Å². The fourth-order valence-electron chi connectivity index (χ4n) is 2.54. The number of benzene rings is 1. The fourth-order valence-corrected chi connectivity index (χ4v) is 2.54. The van der Waals surface area contributed by atoms with E-state index in [2.05, 4.69) is 30.6 Å². The lowest BCUT2D eigenvalue weighted by Gasteiger charge is -2.43. The summed E-state index contributed by atoms with van der Waals surface area (Å²) in [4.78, 5) is 15.5. The molecule has 3 nitrogen and oxygen atoms in total. The summed E-state index contributed by atoms with van der Waals surface area (Å²) in [6.45, 7) is 10.1. The van der Waals surface area contributed by atoms with Crippen LogP contribution < -0.4 is 4.90 Å². The van der Waals surface area contributed by atoms with E-state index in [-0.39, 0.29) is 11.1 Å². The van der Waals surface area contributed by atoms with Crippen molar-refractivity contribution in [1.82, 2.24) is 4.90 Å². The van der Waals surface area contributed by atoms with E-state index in [4.69, 9.17) is 0 Å². The standard InChI is InChI=1S/C15H21FN2O/c1-15(2,3)18-9-7-17(8-10-18)14-6-4-5-13(16)12(14)11-19/h4-6,11H,7-10H2,1-3H3. The molecule has 0 amide bonds. The Balaban J connectivity index is 2.14. The molecule has 1 aromatic carbocycles. The first-order chi connectivity index (χ1) is 8.93. The van der Waals surface area contributed by atoms with Gasteiger partial charge in [0.05, 0.1) is 11.3 Å². The highest BCUT2D eigenvalue weighted by molar-refractivity contribution is 5.85. The van der Waals surface area contributed by atoms with E-state index in [9.17, 15) is 9.18 Å². The Hall–Kier alpha value is -1.42. The van der Waals surface area contributed by atoms with Gasteiger partial charge in [0.15, 0.2) is 6.29 Å². The third kappa shape index (κ3) is 2.95. The summed E-state index contributed by atoms with van der Waals surface area (Å²) in [5.41, 5.74) is 1.04. The Bertz CT molecular complexity index is 460. The Labute approximate surface area is 114 Å². The largest absolute Gasteiger partial charge is 0.368 e. The molecule has 4 heteroatoms. The highest BCUT2D eigenvalue weighted by Gasteiger charge is 2.26. The van der Waals surface area contributed by atoms with Crippen molar-refractivity contribution in [2.75, 3.05) is 31.1 Å². The number of piperazine rings is 1. The number of aldehydes is 1. The molecule has 0 saturated carbocycles. The number of anilines is 1. The van der Waals surface area contributed by atoms with Crippen molar-refractivity contribution >= 4 is 12.0 Å². The molecule has 0 N–H and O–H groups in total. The molecule has 1 fully saturated rings. The number of carbonyl (C=O) groups is 1. The van der Waals surface area contributed by atoms with Crippen molar-refractivity contribution < 1.29 is 9.18 Å². The third-order valence-corrected chi connectivity index (χ3v) is 3.72. The van der Waals surface area contributed by atoms with Crippen LogP contribution in [-0.4, -0.2) is 42.9 Å². The second-order valence-corrected chi connectivity index (χ2v) is 5.94. The number of rotatable bonds is 2. The molecule has 1 saturated heterocycles. The summed E-state index contributed by atoms with van der Waals surface area (Å²) in [6, 6.07) is 4.81. The maximum atomic E-state index is 13.6. The fraction of sp³-hybridized carbons (Fsp3) is 0.533. The van der Waals surface area contributed by atoms with Gasteiger partial charge in [-0.15, -0.1) is 0 Å². The maximum Gasteiger partial charge on any atom is 0.155 e. The maximum absolute atomic E-state index is 13.6. The van der Waals surface area contributed by atoms with E-state index in [0.29, 0.717) is 12.0 Å². The molecule has 0 spiro atoms. The number of nitrogens with zero attached hydrogens (tertiary/aromatic N) is 2. The van der Waals surface area contributed by atoms with E-state index >= 15 is 0 Å². The quantitative estimate of drug-likeness (QED) is 0.767. The van der Waals surface area contributed by atoms with Gasteiger partial charge in [0.25, 0.3) is 0 Å². The summed E-state index contributed by atoms with van der Waals surface area (Å²) in [7, 11) is 0. The molecule has 0 unspecified atom stereocenters. The van der Waals surface area contributed by atoms with Crippen LogP contribution in [0.4, 0.5) is 10.1 Å². The van der Waals surface area contributed by atoms with Crippen molar-refractivity contribution in [3.63, 3.8) is 0 Å². The second kappa shape index (κ2) is 5.29. The highest BCUT2D eigenvalue weighted by atomic mass is 19.1. The van der Waals surface area contributed by atoms with Gasteiger partial charge in [-0.2, -0.15) is 0 Å². The van der Waals surface area contributed by atoms with Crippen LogP contribution in [0.3, 0.4) is 0 Å². The second-order valence-electron chi connectivity index (χ2n) is 5.94. The van der Waals surface area contributed by atoms with E-state index < -0.39 is 5.82 Å². The minimum Gasteiger partial charge on any atom is -0.368 e. The SMILES string of the molecule is CC(C)(C)N1CCN(c2cccc(F)c2C=O)CC1. The Kier molecular flexibility index (Phi) is 3.90. The Morgan fingerprint density at radius 2 is 1.79 bits per heavy atom. The summed E-state index contributed by atoms with van der Waals surface area (Å²) in [6.07, 6.45) is 0.612. The molecule has 19 heavy (non-hydrogen) atoms. The molecule has 0 aromatic heterocycles. The predicted octanol–water partition coefficient (Wildman–Crippen LogP) is 2.56. The predicted molar refractivity (Wildman–Crippen MR) is 75.3 cm³/mol. The average Bonchev–Trinajstić information content (AvgIpc) is 2.37. The van der Waals surface area contributed by atoms with E-state index in [0.717, 1.165) is 26.2 Å². The van der Waals surface area contributed by atoms with Crippen LogP contribution in [0.5, 0.6) is 0 Å². The first-order valence-corrected chi connectivity index (χ1v) is 6.67. The zero-order chi connectivity index (χ0) is 14.0. The van der Waals surface area contributed by atoms with E-state index in [1.165, 1.54) is 6.07 Å². The van der Waals surface area contributed by atoms with Gasteiger partial charge in [-0.3, -0.25) is 9.69 Å². The molecule has 0 radical (unpaired) electrons. The molecule has 1 aliphatic heterocycles. The van der Waals surface area contributed by atoms with Gasteiger partial charge in [0.1, 0.15) is 5.82 Å². The van der Waals surface area contributed by atoms with Crippen molar-refractivity contribution in [2.45, 2.75) is 26.3 Å². The summed E-state index contributed by atoms with van der Waals surface area (Å²) in [5.74, 6) is -0.439. The smallest absolute Gasteiger partial charge is 0.155 e. The van der Waals surface area contributed by atoms with Crippen molar-refractivity contribution in [1.29, 1.82) is 0 Å². The average molecular weight is 264 g/mol. The summed E-state index contributed by atoms with van der Waals surface area (Å²) >= 11 is 0. The summed E-state index contributed by atoms with van der Waals surface area (Å²) < 4.78 is 13.6. The number of carbonyl (C=O) groups excluding carboxylic acids is 1. The number of hydrogen-bond acceptors (Lipinski definition) is 3. The zero-order valence-electron chi connectivity index (χ0n) is 11.8. The number of halogens is 1. The van der Waals surface area contributed by atoms with Crippen LogP contribution in [0, 0.1) is 5.82 Å². The van der Waals surface area contributed by atoms with Gasteiger partial charge in [-0.05, 0) is 32.9 Å². The zero-order valence-corrected chi connectivity index (χ0v) is 11.8. The molecular weight excluding hydrogens is 243 g/mol. The Morgan fingerprint density at radius 3 is 2.32 bits per heavy atom. The van der Waals surface area contributed by atoms with E-state index in [1.54, 1.807) is 6.07 Å². The number of hydrogen-bond donors (Lipinski definition) is 0. The third-order valence-electron chi connectivity index (χ3n) is 3.72. The van der Waals surface area contributed by atoms with Crippen LogP contribution in [0.1, 0.15) is 31.1 Å². The van der Waals surface area contributed by atoms with Crippen LogP contribution in [0.15, 0.2) is 18.2 Å². The molecule has 2 rings (SSSR count). The van der Waals surface area contributed by atoms with E-state index in [1.807, 2.05) is 6.07 Å². The van der Waals surface area contributed by atoms with Gasteiger partial charge in [0, 0.05) is 31.7 Å². The lowest BCUT2D eigenvalue weighted by molar-refractivity contribution is 0.111. The first-order valence-electron chi connectivity index (χ1n) is 6.67. The molecule has 1 aromatic rings. The molecule has 0 atom stereocenters.